The first-order valence-electron chi connectivity index (χ1n) is 8.53. The summed E-state index contributed by atoms with van der Waals surface area (Å²) in [7, 11) is 0. The second kappa shape index (κ2) is 8.50. The van der Waals surface area contributed by atoms with Crippen molar-refractivity contribution in [2.75, 3.05) is 5.75 Å². The molecule has 5 nitrogen and oxygen atoms in total. The standard InChI is InChI=1S/C21H15BrN4OS/c22-17-5-1-16(2-6-17)20(27)13-28-21-10-9-19(24-25-21)15-3-7-18(8-4-15)26-12-11-23-14-26/h1-12,14H,13H2. The van der Waals surface area contributed by atoms with Crippen LogP contribution >= 0.6 is 27.7 Å². The normalized spacial score (nSPS) is 10.8. The SMILES string of the molecule is O=C(CSc1ccc(-c2ccc(-n3ccnc3)cc2)nn1)c1ccc(Br)cc1. The molecule has 0 aliphatic heterocycles. The van der Waals surface area contributed by atoms with E-state index >= 15 is 0 Å². The minimum atomic E-state index is 0.0680. The van der Waals surface area contributed by atoms with Crippen LogP contribution in [-0.4, -0.2) is 31.3 Å². The van der Waals surface area contributed by atoms with Crippen LogP contribution in [0.3, 0.4) is 0 Å². The quantitative estimate of drug-likeness (QED) is 0.303. The molecule has 0 amide bonds. The molecule has 2 heterocycles. The van der Waals surface area contributed by atoms with E-state index in [9.17, 15) is 4.79 Å². The molecule has 2 aromatic heterocycles. The van der Waals surface area contributed by atoms with Crippen LogP contribution in [0.25, 0.3) is 16.9 Å². The van der Waals surface area contributed by atoms with Crippen LogP contribution in [0.4, 0.5) is 0 Å². The van der Waals surface area contributed by atoms with Gasteiger partial charge in [0.2, 0.25) is 0 Å². The molecule has 0 N–H and O–H groups in total. The third-order valence-electron chi connectivity index (χ3n) is 4.12. The molecule has 0 saturated heterocycles. The highest BCUT2D eigenvalue weighted by Gasteiger charge is 2.08. The van der Waals surface area contributed by atoms with Crippen LogP contribution in [0.2, 0.25) is 0 Å². The molecule has 0 aliphatic rings. The Morgan fingerprint density at radius 1 is 0.964 bits per heavy atom. The number of hydrogen-bond donors (Lipinski definition) is 0. The van der Waals surface area contributed by atoms with Crippen molar-refractivity contribution < 1.29 is 4.79 Å². The van der Waals surface area contributed by atoms with Gasteiger partial charge in [-0.25, -0.2) is 4.98 Å². The Kier molecular flexibility index (Phi) is 5.64. The van der Waals surface area contributed by atoms with Crippen molar-refractivity contribution in [2.45, 2.75) is 5.03 Å². The van der Waals surface area contributed by atoms with Gasteiger partial charge < -0.3 is 4.57 Å². The van der Waals surface area contributed by atoms with E-state index in [0.717, 1.165) is 26.4 Å². The van der Waals surface area contributed by atoms with Gasteiger partial charge in [-0.15, -0.1) is 10.2 Å². The number of Topliss-reactive ketones (excluding diaryl/α,β-unsaturated/α-hetero) is 1. The average molecular weight is 451 g/mol. The van der Waals surface area contributed by atoms with E-state index in [1.165, 1.54) is 11.8 Å². The Labute approximate surface area is 175 Å². The van der Waals surface area contributed by atoms with Gasteiger partial charge in [-0.2, -0.15) is 0 Å². The summed E-state index contributed by atoms with van der Waals surface area (Å²) in [5, 5.41) is 9.27. The number of ketones is 1. The largest absolute Gasteiger partial charge is 0.306 e. The van der Waals surface area contributed by atoms with Gasteiger partial charge in [-0.05, 0) is 36.4 Å². The zero-order valence-corrected chi connectivity index (χ0v) is 17.1. The van der Waals surface area contributed by atoms with Crippen molar-refractivity contribution in [2.24, 2.45) is 0 Å². The number of hydrogen-bond acceptors (Lipinski definition) is 5. The van der Waals surface area contributed by atoms with E-state index in [1.54, 1.807) is 12.5 Å². The van der Waals surface area contributed by atoms with Gasteiger partial charge in [0, 0.05) is 33.7 Å². The van der Waals surface area contributed by atoms with E-state index in [2.05, 4.69) is 31.1 Å². The molecule has 7 heteroatoms. The van der Waals surface area contributed by atoms with Crippen LogP contribution in [0.1, 0.15) is 10.4 Å². The van der Waals surface area contributed by atoms with Crippen molar-refractivity contribution in [1.29, 1.82) is 0 Å². The number of aromatic nitrogens is 4. The fraction of sp³-hybridized carbons (Fsp3) is 0.0476. The van der Waals surface area contributed by atoms with Crippen molar-refractivity contribution >= 4 is 33.5 Å². The summed E-state index contributed by atoms with van der Waals surface area (Å²) in [5.41, 5.74) is 3.51. The molecule has 4 rings (SSSR count). The summed E-state index contributed by atoms with van der Waals surface area (Å²) in [6.45, 7) is 0. The molecule has 0 spiro atoms. The molecule has 2 aromatic carbocycles. The smallest absolute Gasteiger partial charge is 0.173 e. The second-order valence-electron chi connectivity index (χ2n) is 5.99. The van der Waals surface area contributed by atoms with Crippen LogP contribution < -0.4 is 0 Å². The highest BCUT2D eigenvalue weighted by Crippen LogP contribution is 2.22. The van der Waals surface area contributed by atoms with Crippen molar-refractivity contribution in [3.05, 3.63) is 89.4 Å². The van der Waals surface area contributed by atoms with Gasteiger partial charge in [0.15, 0.2) is 5.78 Å². The lowest BCUT2D eigenvalue weighted by Gasteiger charge is -2.05. The first-order valence-corrected chi connectivity index (χ1v) is 10.3. The fourth-order valence-corrected chi connectivity index (χ4v) is 3.60. The number of thioether (sulfide) groups is 1. The van der Waals surface area contributed by atoms with Crippen LogP contribution in [0.15, 0.2) is 88.9 Å². The minimum absolute atomic E-state index is 0.0680. The maximum absolute atomic E-state index is 12.3. The number of benzene rings is 2. The Morgan fingerprint density at radius 2 is 1.75 bits per heavy atom. The number of imidazole rings is 1. The third-order valence-corrected chi connectivity index (χ3v) is 5.57. The predicted molar refractivity (Wildman–Crippen MR) is 114 cm³/mol. The Balaban J connectivity index is 1.39. The lowest BCUT2D eigenvalue weighted by Crippen LogP contribution is -2.02. The molecule has 0 radical (unpaired) electrons. The highest BCUT2D eigenvalue weighted by atomic mass is 79.9. The highest BCUT2D eigenvalue weighted by molar-refractivity contribution is 9.10. The van der Waals surface area contributed by atoms with Crippen molar-refractivity contribution in [3.8, 4) is 16.9 Å². The summed E-state index contributed by atoms with van der Waals surface area (Å²) in [5.74, 6) is 0.397. The van der Waals surface area contributed by atoms with Gasteiger partial charge in [0.1, 0.15) is 5.03 Å². The molecule has 4 aromatic rings. The van der Waals surface area contributed by atoms with Gasteiger partial charge in [0.05, 0.1) is 17.8 Å². The van der Waals surface area contributed by atoms with Gasteiger partial charge in [-0.1, -0.05) is 52.0 Å². The van der Waals surface area contributed by atoms with E-state index in [4.69, 9.17) is 0 Å². The first kappa shape index (κ1) is 18.6. The number of rotatable bonds is 6. The predicted octanol–water partition coefficient (Wildman–Crippen LogP) is 5.07. The minimum Gasteiger partial charge on any atom is -0.306 e. The van der Waals surface area contributed by atoms with Crippen molar-refractivity contribution in [1.82, 2.24) is 19.7 Å². The maximum Gasteiger partial charge on any atom is 0.173 e. The monoisotopic (exact) mass is 450 g/mol. The molecular formula is C21H15BrN4OS. The van der Waals surface area contributed by atoms with Gasteiger partial charge >= 0.3 is 0 Å². The van der Waals surface area contributed by atoms with Gasteiger partial charge in [0.25, 0.3) is 0 Å². The maximum atomic E-state index is 12.3. The molecule has 0 unspecified atom stereocenters. The molecule has 0 atom stereocenters. The molecule has 28 heavy (non-hydrogen) atoms. The van der Waals surface area contributed by atoms with E-state index < -0.39 is 0 Å². The van der Waals surface area contributed by atoms with Gasteiger partial charge in [-0.3, -0.25) is 4.79 Å². The molecule has 0 aliphatic carbocycles. The Morgan fingerprint density at radius 3 is 2.39 bits per heavy atom. The number of carbonyl (C=O) groups excluding carboxylic acids is 1. The average Bonchev–Trinajstić information content (AvgIpc) is 3.28. The first-order chi connectivity index (χ1) is 13.7. The van der Waals surface area contributed by atoms with E-state index in [-0.39, 0.29) is 5.78 Å². The van der Waals surface area contributed by atoms with E-state index in [0.29, 0.717) is 11.3 Å². The number of nitrogens with zero attached hydrogens (tertiary/aromatic N) is 4. The van der Waals surface area contributed by atoms with Crippen LogP contribution in [0, 0.1) is 0 Å². The molecular weight excluding hydrogens is 436 g/mol. The second-order valence-corrected chi connectivity index (χ2v) is 7.90. The third kappa shape index (κ3) is 4.37. The lowest BCUT2D eigenvalue weighted by molar-refractivity contribution is 0.102. The molecule has 0 fully saturated rings. The van der Waals surface area contributed by atoms with E-state index in [1.807, 2.05) is 71.4 Å². The van der Waals surface area contributed by atoms with Crippen LogP contribution in [-0.2, 0) is 0 Å². The lowest BCUT2D eigenvalue weighted by atomic mass is 10.1. The molecule has 0 saturated carbocycles. The van der Waals surface area contributed by atoms with Crippen LogP contribution in [0.5, 0.6) is 0 Å². The summed E-state index contributed by atoms with van der Waals surface area (Å²) in [4.78, 5) is 16.3. The summed E-state index contributed by atoms with van der Waals surface area (Å²) >= 11 is 4.76. The number of carbonyl (C=O) groups is 1. The zero-order chi connectivity index (χ0) is 19.3. The Bertz CT molecular complexity index is 1060. The van der Waals surface area contributed by atoms with Crippen molar-refractivity contribution in [3.63, 3.8) is 0 Å². The topological polar surface area (TPSA) is 60.7 Å². The zero-order valence-electron chi connectivity index (χ0n) is 14.7. The summed E-state index contributed by atoms with van der Waals surface area (Å²) < 4.78 is 2.90. The summed E-state index contributed by atoms with van der Waals surface area (Å²) in [6.07, 6.45) is 5.41. The molecule has 138 valence electrons. The fourth-order valence-electron chi connectivity index (χ4n) is 2.63. The molecule has 0 bridgehead atoms. The summed E-state index contributed by atoms with van der Waals surface area (Å²) in [6, 6.07) is 19.2. The Hall–Kier alpha value is -2.77. The number of halogens is 1.